The van der Waals surface area contributed by atoms with Crippen molar-refractivity contribution < 1.29 is 8.78 Å². The van der Waals surface area contributed by atoms with Gasteiger partial charge >= 0.3 is 0 Å². The zero-order valence-corrected chi connectivity index (χ0v) is 13.2. The highest BCUT2D eigenvalue weighted by atomic mass is 79.9. The Morgan fingerprint density at radius 2 is 1.63 bits per heavy atom. The van der Waals surface area contributed by atoms with Crippen LogP contribution in [0.15, 0.2) is 39.3 Å². The van der Waals surface area contributed by atoms with Gasteiger partial charge in [-0.1, -0.05) is 33.6 Å². The van der Waals surface area contributed by atoms with Gasteiger partial charge in [0.15, 0.2) is 0 Å². The van der Waals surface area contributed by atoms with Gasteiger partial charge in [0.2, 0.25) is 0 Å². The largest absolute Gasteiger partial charge is 0.320 e. The van der Waals surface area contributed by atoms with Crippen LogP contribution in [0, 0.1) is 18.6 Å². The maximum absolute atomic E-state index is 13.9. The molecule has 2 rings (SSSR count). The summed E-state index contributed by atoms with van der Waals surface area (Å²) in [5.41, 5.74) is 7.91. The van der Waals surface area contributed by atoms with E-state index < -0.39 is 17.7 Å². The monoisotopic (exact) mass is 389 g/mol. The average molecular weight is 391 g/mol. The number of nitrogens with two attached hydrogens (primary N) is 1. The van der Waals surface area contributed by atoms with Crippen LogP contribution in [0.25, 0.3) is 0 Å². The molecule has 0 bridgehead atoms. The van der Waals surface area contributed by atoms with Crippen molar-refractivity contribution in [3.63, 3.8) is 0 Å². The Hall–Kier alpha value is -0.780. The van der Waals surface area contributed by atoms with E-state index in [1.165, 1.54) is 0 Å². The quantitative estimate of drug-likeness (QED) is 0.729. The molecule has 0 fully saturated rings. The van der Waals surface area contributed by atoms with E-state index in [1.807, 2.05) is 25.1 Å². The number of aryl methyl sites for hydroxylation is 1. The molecule has 0 amide bonds. The minimum Gasteiger partial charge on any atom is -0.320 e. The summed E-state index contributed by atoms with van der Waals surface area (Å²) in [5, 5.41) is 0. The molecule has 0 aliphatic carbocycles. The molecule has 100 valence electrons. The molecular formula is C14H11Br2F2N. The molecule has 0 radical (unpaired) electrons. The molecule has 0 spiro atoms. The molecule has 0 heterocycles. The second kappa shape index (κ2) is 5.69. The van der Waals surface area contributed by atoms with Crippen molar-refractivity contribution in [2.75, 3.05) is 0 Å². The molecule has 2 aromatic carbocycles. The third kappa shape index (κ3) is 3.04. The van der Waals surface area contributed by atoms with Crippen LogP contribution in [0.1, 0.15) is 22.7 Å². The van der Waals surface area contributed by atoms with E-state index in [9.17, 15) is 8.78 Å². The molecule has 0 saturated carbocycles. The van der Waals surface area contributed by atoms with Crippen LogP contribution in [-0.2, 0) is 0 Å². The Morgan fingerprint density at radius 1 is 0.947 bits per heavy atom. The zero-order valence-electron chi connectivity index (χ0n) is 10.1. The first-order valence-corrected chi connectivity index (χ1v) is 7.15. The van der Waals surface area contributed by atoms with E-state index in [4.69, 9.17) is 5.73 Å². The topological polar surface area (TPSA) is 26.0 Å². The SMILES string of the molecule is Cc1ccc(Br)c(C(N)c2cc(F)c(Br)cc2F)c1. The highest BCUT2D eigenvalue weighted by molar-refractivity contribution is 9.10. The third-order valence-corrected chi connectivity index (χ3v) is 4.19. The zero-order chi connectivity index (χ0) is 14.2. The molecular weight excluding hydrogens is 380 g/mol. The van der Waals surface area contributed by atoms with Crippen molar-refractivity contribution in [1.82, 2.24) is 0 Å². The minimum absolute atomic E-state index is 0.0873. The van der Waals surface area contributed by atoms with Crippen molar-refractivity contribution >= 4 is 31.9 Å². The summed E-state index contributed by atoms with van der Waals surface area (Å²) < 4.78 is 28.3. The van der Waals surface area contributed by atoms with Gasteiger partial charge < -0.3 is 5.73 Å². The van der Waals surface area contributed by atoms with Crippen LogP contribution in [0.3, 0.4) is 0 Å². The lowest BCUT2D eigenvalue weighted by atomic mass is 9.97. The van der Waals surface area contributed by atoms with E-state index in [2.05, 4.69) is 31.9 Å². The van der Waals surface area contributed by atoms with E-state index in [0.29, 0.717) is 0 Å². The molecule has 2 N–H and O–H groups in total. The smallest absolute Gasteiger partial charge is 0.137 e. The van der Waals surface area contributed by atoms with Crippen molar-refractivity contribution in [3.05, 3.63) is 67.6 Å². The van der Waals surface area contributed by atoms with Gasteiger partial charge in [-0.3, -0.25) is 0 Å². The van der Waals surface area contributed by atoms with Crippen LogP contribution in [0.2, 0.25) is 0 Å². The van der Waals surface area contributed by atoms with E-state index in [0.717, 1.165) is 27.7 Å². The van der Waals surface area contributed by atoms with Crippen molar-refractivity contribution in [1.29, 1.82) is 0 Å². The van der Waals surface area contributed by atoms with Crippen LogP contribution >= 0.6 is 31.9 Å². The van der Waals surface area contributed by atoms with Gasteiger partial charge in [-0.05, 0) is 46.6 Å². The van der Waals surface area contributed by atoms with Crippen molar-refractivity contribution in [2.24, 2.45) is 5.73 Å². The summed E-state index contributed by atoms with van der Waals surface area (Å²) in [6, 6.07) is 7.11. The molecule has 0 aromatic heterocycles. The van der Waals surface area contributed by atoms with Gasteiger partial charge in [0.05, 0.1) is 10.5 Å². The molecule has 0 aliphatic rings. The fourth-order valence-electron chi connectivity index (χ4n) is 1.85. The average Bonchev–Trinajstić information content (AvgIpc) is 2.36. The van der Waals surface area contributed by atoms with Crippen LogP contribution in [-0.4, -0.2) is 0 Å². The van der Waals surface area contributed by atoms with E-state index in [1.54, 1.807) is 0 Å². The summed E-state index contributed by atoms with van der Waals surface area (Å²) in [6.07, 6.45) is 0. The number of halogens is 4. The van der Waals surface area contributed by atoms with Crippen molar-refractivity contribution in [2.45, 2.75) is 13.0 Å². The predicted octanol–water partition coefficient (Wildman–Crippen LogP) is 4.85. The van der Waals surface area contributed by atoms with Crippen LogP contribution in [0.4, 0.5) is 8.78 Å². The summed E-state index contributed by atoms with van der Waals surface area (Å²) >= 11 is 6.33. The fraction of sp³-hybridized carbons (Fsp3) is 0.143. The summed E-state index contributed by atoms with van der Waals surface area (Å²) in [4.78, 5) is 0. The minimum atomic E-state index is -0.725. The van der Waals surface area contributed by atoms with Gasteiger partial charge in [-0.25, -0.2) is 8.78 Å². The second-order valence-corrected chi connectivity index (χ2v) is 6.00. The molecule has 0 aliphatic heterocycles. The lowest BCUT2D eigenvalue weighted by Gasteiger charge is -2.16. The van der Waals surface area contributed by atoms with E-state index in [-0.39, 0.29) is 10.0 Å². The highest BCUT2D eigenvalue weighted by Gasteiger charge is 2.18. The lowest BCUT2D eigenvalue weighted by Crippen LogP contribution is -2.15. The lowest BCUT2D eigenvalue weighted by molar-refractivity contribution is 0.572. The summed E-state index contributed by atoms with van der Waals surface area (Å²) in [5.74, 6) is -1.06. The highest BCUT2D eigenvalue weighted by Crippen LogP contribution is 2.31. The summed E-state index contributed by atoms with van der Waals surface area (Å²) in [6.45, 7) is 1.92. The van der Waals surface area contributed by atoms with Gasteiger partial charge in [-0.15, -0.1) is 0 Å². The van der Waals surface area contributed by atoms with Gasteiger partial charge in [0, 0.05) is 10.0 Å². The second-order valence-electron chi connectivity index (χ2n) is 4.29. The van der Waals surface area contributed by atoms with Gasteiger partial charge in [0.25, 0.3) is 0 Å². The van der Waals surface area contributed by atoms with Gasteiger partial charge in [0.1, 0.15) is 11.6 Å². The normalized spacial score (nSPS) is 12.5. The number of rotatable bonds is 2. The Balaban J connectivity index is 2.52. The van der Waals surface area contributed by atoms with Gasteiger partial charge in [-0.2, -0.15) is 0 Å². The van der Waals surface area contributed by atoms with Crippen LogP contribution in [0.5, 0.6) is 0 Å². The maximum Gasteiger partial charge on any atom is 0.137 e. The number of hydrogen-bond acceptors (Lipinski definition) is 1. The van der Waals surface area contributed by atoms with Crippen molar-refractivity contribution in [3.8, 4) is 0 Å². The predicted molar refractivity (Wildman–Crippen MR) is 79.0 cm³/mol. The molecule has 1 unspecified atom stereocenters. The molecule has 19 heavy (non-hydrogen) atoms. The standard InChI is InChI=1S/C14H11Br2F2N/c1-7-2-3-10(15)8(4-7)14(19)9-5-13(18)11(16)6-12(9)17/h2-6,14H,19H2,1H3. The molecule has 5 heteroatoms. The number of hydrogen-bond donors (Lipinski definition) is 1. The maximum atomic E-state index is 13.9. The molecule has 2 aromatic rings. The first kappa shape index (κ1) is 14.6. The molecule has 1 nitrogen and oxygen atoms in total. The Bertz CT molecular complexity index is 629. The Labute approximate surface area is 127 Å². The number of benzene rings is 2. The molecule has 0 saturated heterocycles. The molecule has 1 atom stereocenters. The Morgan fingerprint density at radius 3 is 2.32 bits per heavy atom. The summed E-state index contributed by atoms with van der Waals surface area (Å²) in [7, 11) is 0. The first-order chi connectivity index (χ1) is 8.90. The third-order valence-electron chi connectivity index (χ3n) is 2.86. The fourth-order valence-corrected chi connectivity index (χ4v) is 2.65. The van der Waals surface area contributed by atoms with Crippen LogP contribution < -0.4 is 5.73 Å². The first-order valence-electron chi connectivity index (χ1n) is 5.56. The van der Waals surface area contributed by atoms with E-state index >= 15 is 0 Å². The Kier molecular flexibility index (Phi) is 4.38.